The number of rotatable bonds is 1. The van der Waals surface area contributed by atoms with Crippen LogP contribution in [0, 0.1) is 0 Å². The van der Waals surface area contributed by atoms with E-state index in [1.807, 2.05) is 0 Å². The first kappa shape index (κ1) is 10.4. The predicted molar refractivity (Wildman–Crippen MR) is 51.9 cm³/mol. The van der Waals surface area contributed by atoms with Gasteiger partial charge in [-0.25, -0.2) is 0 Å². The third-order valence-corrected chi connectivity index (χ3v) is 2.53. The van der Waals surface area contributed by atoms with Crippen molar-refractivity contribution in [3.63, 3.8) is 0 Å². The Hall–Kier alpha value is -1.07. The van der Waals surface area contributed by atoms with Crippen LogP contribution >= 0.6 is 0 Å². The minimum atomic E-state index is -0.849. The Morgan fingerprint density at radius 1 is 1.40 bits per heavy atom. The van der Waals surface area contributed by atoms with Gasteiger partial charge in [0.1, 0.15) is 12.2 Å². The van der Waals surface area contributed by atoms with Crippen molar-refractivity contribution >= 4 is 0 Å². The second-order valence-electron chi connectivity index (χ2n) is 4.14. The van der Waals surface area contributed by atoms with Crippen molar-refractivity contribution in [1.29, 1.82) is 0 Å². The largest absolute Gasteiger partial charge is 0.390 e. The van der Waals surface area contributed by atoms with E-state index in [0.717, 1.165) is 0 Å². The van der Waals surface area contributed by atoms with Crippen molar-refractivity contribution in [2.24, 2.45) is 5.11 Å². The molecule has 0 radical (unpaired) electrons. The van der Waals surface area contributed by atoms with Gasteiger partial charge >= 0.3 is 0 Å². The lowest BCUT2D eigenvalue weighted by molar-refractivity contribution is -0.153. The van der Waals surface area contributed by atoms with Gasteiger partial charge in [0.25, 0.3) is 0 Å². The van der Waals surface area contributed by atoms with E-state index >= 15 is 0 Å². The summed E-state index contributed by atoms with van der Waals surface area (Å²) in [6, 6.07) is -0.575. The standard InChI is InChI=1S/C9H13N3O3/c1-9(2)14-6-4-3-5(11-12-10)7(13)8(6)15-9/h3-8,13H,1-2H3/t5-,6+,7+,8+/m0/s1. The highest BCUT2D eigenvalue weighted by atomic mass is 16.8. The van der Waals surface area contributed by atoms with Gasteiger partial charge in [-0.3, -0.25) is 0 Å². The molecule has 4 atom stereocenters. The Balaban J connectivity index is 2.20. The zero-order valence-corrected chi connectivity index (χ0v) is 8.57. The Kier molecular flexibility index (Phi) is 2.44. The van der Waals surface area contributed by atoms with Gasteiger partial charge in [0.2, 0.25) is 0 Å². The monoisotopic (exact) mass is 211 g/mol. The molecular weight excluding hydrogens is 198 g/mol. The average Bonchev–Trinajstić information content (AvgIpc) is 2.46. The second kappa shape index (κ2) is 3.50. The molecule has 0 bridgehead atoms. The van der Waals surface area contributed by atoms with Crippen LogP contribution in [0.25, 0.3) is 10.4 Å². The number of ether oxygens (including phenoxy) is 2. The zero-order valence-electron chi connectivity index (χ0n) is 8.57. The number of fused-ring (bicyclic) bond motifs is 1. The fourth-order valence-electron chi connectivity index (χ4n) is 1.93. The molecule has 1 saturated heterocycles. The van der Waals surface area contributed by atoms with E-state index in [1.54, 1.807) is 26.0 Å². The summed E-state index contributed by atoms with van der Waals surface area (Å²) in [6.45, 7) is 3.57. The van der Waals surface area contributed by atoms with Crippen molar-refractivity contribution in [3.8, 4) is 0 Å². The highest BCUT2D eigenvalue weighted by molar-refractivity contribution is 5.14. The molecule has 6 nitrogen and oxygen atoms in total. The van der Waals surface area contributed by atoms with Gasteiger partial charge in [-0.2, -0.15) is 0 Å². The molecule has 0 aromatic carbocycles. The molecule has 0 amide bonds. The lowest BCUT2D eigenvalue weighted by Crippen LogP contribution is -2.44. The minimum absolute atomic E-state index is 0.264. The zero-order chi connectivity index (χ0) is 11.1. The molecule has 0 aromatic rings. The highest BCUT2D eigenvalue weighted by Gasteiger charge is 2.47. The Morgan fingerprint density at radius 3 is 2.80 bits per heavy atom. The third-order valence-electron chi connectivity index (χ3n) is 2.53. The molecule has 0 spiro atoms. The average molecular weight is 211 g/mol. The van der Waals surface area contributed by atoms with Crippen LogP contribution in [0.15, 0.2) is 17.3 Å². The van der Waals surface area contributed by atoms with Crippen molar-refractivity contribution in [3.05, 3.63) is 22.6 Å². The first-order chi connectivity index (χ1) is 7.03. The van der Waals surface area contributed by atoms with Crippen molar-refractivity contribution < 1.29 is 14.6 Å². The molecule has 0 aromatic heterocycles. The second-order valence-corrected chi connectivity index (χ2v) is 4.14. The molecule has 1 fully saturated rings. The number of aliphatic hydroxyl groups is 1. The van der Waals surface area contributed by atoms with Crippen LogP contribution in [-0.4, -0.2) is 35.2 Å². The van der Waals surface area contributed by atoms with E-state index in [4.69, 9.17) is 15.0 Å². The first-order valence-electron chi connectivity index (χ1n) is 4.80. The van der Waals surface area contributed by atoms with Gasteiger partial charge < -0.3 is 14.6 Å². The summed E-state index contributed by atoms with van der Waals surface area (Å²) in [5.41, 5.74) is 8.32. The highest BCUT2D eigenvalue weighted by Crippen LogP contribution is 2.34. The maximum Gasteiger partial charge on any atom is 0.164 e. The predicted octanol–water partition coefficient (Wildman–Crippen LogP) is 1.12. The van der Waals surface area contributed by atoms with E-state index in [1.165, 1.54) is 0 Å². The van der Waals surface area contributed by atoms with Gasteiger partial charge in [-0.1, -0.05) is 17.3 Å². The van der Waals surface area contributed by atoms with Crippen LogP contribution in [0.2, 0.25) is 0 Å². The van der Waals surface area contributed by atoms with Gasteiger partial charge in [0.15, 0.2) is 5.79 Å². The molecule has 0 unspecified atom stereocenters. The Labute approximate surface area is 87.1 Å². The number of hydrogen-bond acceptors (Lipinski definition) is 4. The molecule has 2 aliphatic rings. The Morgan fingerprint density at radius 2 is 2.13 bits per heavy atom. The van der Waals surface area contributed by atoms with Gasteiger partial charge in [-0.15, -0.1) is 0 Å². The SMILES string of the molecule is CC1(C)O[C@H]2[C@H](O)[C@@H](N=[N+]=[N-])C=C[C@H]2O1. The van der Waals surface area contributed by atoms with Gasteiger partial charge in [0, 0.05) is 4.91 Å². The number of nitrogens with zero attached hydrogens (tertiary/aromatic N) is 3. The quantitative estimate of drug-likeness (QED) is 0.305. The third kappa shape index (κ3) is 1.85. The van der Waals surface area contributed by atoms with Crippen LogP contribution in [-0.2, 0) is 9.47 Å². The minimum Gasteiger partial charge on any atom is -0.390 e. The fraction of sp³-hybridized carbons (Fsp3) is 0.778. The summed E-state index contributed by atoms with van der Waals surface area (Å²) in [4.78, 5) is 2.68. The van der Waals surface area contributed by atoms with Crippen LogP contribution in [0.5, 0.6) is 0 Å². The van der Waals surface area contributed by atoms with Gasteiger partial charge in [0.05, 0.1) is 12.1 Å². The van der Waals surface area contributed by atoms with E-state index < -0.39 is 24.0 Å². The van der Waals surface area contributed by atoms with E-state index in [-0.39, 0.29) is 6.10 Å². The summed E-state index contributed by atoms with van der Waals surface area (Å²) in [6.07, 6.45) is 1.85. The molecule has 1 aliphatic carbocycles. The molecule has 15 heavy (non-hydrogen) atoms. The number of azide groups is 1. The van der Waals surface area contributed by atoms with Crippen molar-refractivity contribution in [2.75, 3.05) is 0 Å². The lowest BCUT2D eigenvalue weighted by atomic mass is 9.95. The number of hydrogen-bond donors (Lipinski definition) is 1. The molecule has 0 saturated carbocycles. The Bertz CT molecular complexity index is 335. The molecule has 6 heteroatoms. The molecule has 82 valence electrons. The lowest BCUT2D eigenvalue weighted by Gasteiger charge is -2.27. The molecule has 2 rings (SSSR count). The maximum absolute atomic E-state index is 9.88. The van der Waals surface area contributed by atoms with Gasteiger partial charge in [-0.05, 0) is 19.4 Å². The van der Waals surface area contributed by atoms with E-state index in [2.05, 4.69) is 10.0 Å². The first-order valence-corrected chi connectivity index (χ1v) is 4.80. The summed E-state index contributed by atoms with van der Waals surface area (Å²) in [5.74, 6) is -0.702. The van der Waals surface area contributed by atoms with Crippen LogP contribution < -0.4 is 0 Å². The normalized spacial score (nSPS) is 42.1. The summed E-state index contributed by atoms with van der Waals surface area (Å²) >= 11 is 0. The van der Waals surface area contributed by atoms with Crippen LogP contribution in [0.4, 0.5) is 0 Å². The summed E-state index contributed by atoms with van der Waals surface area (Å²) in [5, 5.41) is 13.4. The smallest absolute Gasteiger partial charge is 0.164 e. The van der Waals surface area contributed by atoms with E-state index in [0.29, 0.717) is 0 Å². The fourth-order valence-corrected chi connectivity index (χ4v) is 1.93. The van der Waals surface area contributed by atoms with Crippen LogP contribution in [0.3, 0.4) is 0 Å². The summed E-state index contributed by atoms with van der Waals surface area (Å²) < 4.78 is 11.1. The van der Waals surface area contributed by atoms with E-state index in [9.17, 15) is 5.11 Å². The number of aliphatic hydroxyl groups excluding tert-OH is 1. The summed E-state index contributed by atoms with van der Waals surface area (Å²) in [7, 11) is 0. The molecule has 1 heterocycles. The molecule has 1 aliphatic heterocycles. The topological polar surface area (TPSA) is 87.5 Å². The maximum atomic E-state index is 9.88. The van der Waals surface area contributed by atoms with Crippen LogP contribution in [0.1, 0.15) is 13.8 Å². The molecule has 1 N–H and O–H groups in total. The van der Waals surface area contributed by atoms with Crippen molar-refractivity contribution in [1.82, 2.24) is 0 Å². The molecular formula is C9H13N3O3. The van der Waals surface area contributed by atoms with Crippen molar-refractivity contribution in [2.45, 2.75) is 44.0 Å².